The molecule has 0 aromatic heterocycles. The second-order valence-corrected chi connectivity index (χ2v) is 7.58. The summed E-state index contributed by atoms with van der Waals surface area (Å²) in [5.74, 6) is 3.85. The van der Waals surface area contributed by atoms with Crippen molar-refractivity contribution in [2.24, 2.45) is 35.0 Å². The largest absolute Gasteiger partial charge is 0.310 e. The molecule has 0 heterocycles. The van der Waals surface area contributed by atoms with Crippen molar-refractivity contribution in [2.75, 3.05) is 0 Å². The molecule has 0 saturated heterocycles. The lowest BCUT2D eigenvalue weighted by molar-refractivity contribution is 0.196. The first-order valence-electron chi connectivity index (χ1n) is 7.33. The molecule has 3 rings (SSSR count). The van der Waals surface area contributed by atoms with Crippen LogP contribution in [0.4, 0.5) is 0 Å². The van der Waals surface area contributed by atoms with Crippen molar-refractivity contribution < 1.29 is 0 Å². The van der Waals surface area contributed by atoms with Crippen LogP contribution >= 0.6 is 0 Å². The third kappa shape index (κ3) is 1.25. The van der Waals surface area contributed by atoms with Gasteiger partial charge in [0.25, 0.3) is 0 Å². The van der Waals surface area contributed by atoms with Crippen molar-refractivity contribution in [1.82, 2.24) is 0 Å². The second kappa shape index (κ2) is 3.28. The predicted octanol–water partition coefficient (Wildman–Crippen LogP) is 4.39. The molecule has 0 radical (unpaired) electrons. The SMILES string of the molecule is [C-]#[N+][C@]12CC[C@H](C)[C@@H]1[C@@H]1[C@H](CC[C@@H]2C)C1(C)C. The summed E-state index contributed by atoms with van der Waals surface area (Å²) >= 11 is 0. The predicted molar refractivity (Wildman–Crippen MR) is 70.4 cm³/mol. The molecule has 0 aliphatic heterocycles. The summed E-state index contributed by atoms with van der Waals surface area (Å²) in [6, 6.07) is 0. The Kier molecular flexibility index (Phi) is 2.23. The van der Waals surface area contributed by atoms with E-state index in [0.29, 0.717) is 17.3 Å². The van der Waals surface area contributed by atoms with Gasteiger partial charge in [0, 0.05) is 18.3 Å². The van der Waals surface area contributed by atoms with Gasteiger partial charge in [-0.3, -0.25) is 0 Å². The molecule has 3 fully saturated rings. The van der Waals surface area contributed by atoms with Crippen LogP contribution in [0.5, 0.6) is 0 Å². The lowest BCUT2D eigenvalue weighted by Crippen LogP contribution is -2.39. The molecule has 0 aromatic rings. The zero-order valence-corrected chi connectivity index (χ0v) is 11.7. The zero-order chi connectivity index (χ0) is 12.4. The molecule has 3 aliphatic carbocycles. The molecule has 0 unspecified atom stereocenters. The first-order chi connectivity index (χ1) is 7.95. The summed E-state index contributed by atoms with van der Waals surface area (Å²) in [6.45, 7) is 17.4. The quantitative estimate of drug-likeness (QED) is 0.544. The van der Waals surface area contributed by atoms with Crippen LogP contribution in [0.1, 0.15) is 53.4 Å². The first-order valence-corrected chi connectivity index (χ1v) is 7.33. The summed E-state index contributed by atoms with van der Waals surface area (Å²) in [4.78, 5) is 4.23. The molecule has 3 saturated carbocycles. The van der Waals surface area contributed by atoms with Crippen molar-refractivity contribution in [3.63, 3.8) is 0 Å². The van der Waals surface area contributed by atoms with Gasteiger partial charge in [0.2, 0.25) is 5.54 Å². The van der Waals surface area contributed by atoms with Gasteiger partial charge in [-0.1, -0.05) is 27.7 Å². The van der Waals surface area contributed by atoms with E-state index in [-0.39, 0.29) is 5.54 Å². The van der Waals surface area contributed by atoms with Gasteiger partial charge < -0.3 is 4.85 Å². The average molecular weight is 231 g/mol. The molecule has 0 amide bonds. The number of fused-ring (bicyclic) bond motifs is 3. The smallest absolute Gasteiger partial charge is 0.238 e. The highest BCUT2D eigenvalue weighted by Crippen LogP contribution is 2.72. The molecular formula is C16H25N. The van der Waals surface area contributed by atoms with Crippen molar-refractivity contribution in [2.45, 2.75) is 58.9 Å². The van der Waals surface area contributed by atoms with E-state index >= 15 is 0 Å². The van der Waals surface area contributed by atoms with E-state index in [1.165, 1.54) is 25.7 Å². The summed E-state index contributed by atoms with van der Waals surface area (Å²) in [5, 5.41) is 0. The van der Waals surface area contributed by atoms with Gasteiger partial charge in [-0.05, 0) is 42.4 Å². The van der Waals surface area contributed by atoms with Gasteiger partial charge in [-0.25, -0.2) is 6.57 Å². The zero-order valence-electron chi connectivity index (χ0n) is 11.7. The Bertz CT molecular complexity index is 377. The second-order valence-electron chi connectivity index (χ2n) is 7.58. The Morgan fingerprint density at radius 3 is 2.41 bits per heavy atom. The first kappa shape index (κ1) is 11.6. The van der Waals surface area contributed by atoms with E-state index in [1.807, 2.05) is 0 Å². The topological polar surface area (TPSA) is 4.36 Å². The number of hydrogen-bond donors (Lipinski definition) is 0. The molecule has 0 bridgehead atoms. The molecule has 0 aromatic carbocycles. The molecule has 3 aliphatic rings. The Labute approximate surface area is 106 Å². The summed E-state index contributed by atoms with van der Waals surface area (Å²) in [6.07, 6.45) is 5.12. The van der Waals surface area contributed by atoms with E-state index in [0.717, 1.165) is 17.8 Å². The van der Waals surface area contributed by atoms with Gasteiger partial charge in [0.05, 0.1) is 0 Å². The highest BCUT2D eigenvalue weighted by molar-refractivity contribution is 5.23. The van der Waals surface area contributed by atoms with Crippen molar-refractivity contribution in [1.29, 1.82) is 0 Å². The number of hydrogen-bond acceptors (Lipinski definition) is 0. The summed E-state index contributed by atoms with van der Waals surface area (Å²) in [5.41, 5.74) is 0.534. The highest BCUT2D eigenvalue weighted by atomic mass is 14.9. The van der Waals surface area contributed by atoms with E-state index in [4.69, 9.17) is 6.57 Å². The van der Waals surface area contributed by atoms with Gasteiger partial charge in [-0.2, -0.15) is 0 Å². The van der Waals surface area contributed by atoms with Crippen LogP contribution in [0.3, 0.4) is 0 Å². The highest BCUT2D eigenvalue weighted by Gasteiger charge is 2.72. The van der Waals surface area contributed by atoms with Crippen LogP contribution in [0.25, 0.3) is 4.85 Å². The van der Waals surface area contributed by atoms with E-state index < -0.39 is 0 Å². The fraction of sp³-hybridized carbons (Fsp3) is 0.938. The third-order valence-electron chi connectivity index (χ3n) is 6.69. The summed E-state index contributed by atoms with van der Waals surface area (Å²) < 4.78 is 0. The van der Waals surface area contributed by atoms with Crippen LogP contribution in [-0.4, -0.2) is 5.54 Å². The normalized spacial score (nSPS) is 55.4. The van der Waals surface area contributed by atoms with Crippen molar-refractivity contribution >= 4 is 0 Å². The fourth-order valence-corrected chi connectivity index (χ4v) is 5.51. The van der Waals surface area contributed by atoms with Crippen LogP contribution in [0, 0.1) is 41.6 Å². The molecule has 1 nitrogen and oxygen atoms in total. The maximum Gasteiger partial charge on any atom is 0.238 e. The number of nitrogens with zero attached hydrogens (tertiary/aromatic N) is 1. The average Bonchev–Trinajstić information content (AvgIpc) is 2.69. The van der Waals surface area contributed by atoms with Crippen LogP contribution in [0.15, 0.2) is 0 Å². The standard InChI is InChI=1S/C16H25N/c1-10-8-9-16(17-5)11(2)6-7-12-14(13(10)16)15(12,3)4/h10-14H,6-9H2,1-4H3/t10-,11-,12-,13+,14-,16-/m0/s1. The van der Waals surface area contributed by atoms with E-state index in [1.54, 1.807) is 0 Å². The maximum absolute atomic E-state index is 7.80. The Balaban J connectivity index is 2.04. The molecule has 6 atom stereocenters. The molecule has 94 valence electrons. The van der Waals surface area contributed by atoms with Gasteiger partial charge in [0.15, 0.2) is 0 Å². The Hall–Kier alpha value is -0.510. The minimum Gasteiger partial charge on any atom is -0.310 e. The minimum atomic E-state index is 0.00655. The van der Waals surface area contributed by atoms with Crippen molar-refractivity contribution in [3.8, 4) is 0 Å². The number of rotatable bonds is 0. The Morgan fingerprint density at radius 2 is 1.76 bits per heavy atom. The van der Waals surface area contributed by atoms with Crippen LogP contribution < -0.4 is 0 Å². The maximum atomic E-state index is 7.80. The Morgan fingerprint density at radius 1 is 1.06 bits per heavy atom. The van der Waals surface area contributed by atoms with E-state index in [2.05, 4.69) is 32.5 Å². The lowest BCUT2D eigenvalue weighted by atomic mass is 9.71. The third-order valence-corrected chi connectivity index (χ3v) is 6.69. The lowest BCUT2D eigenvalue weighted by Gasteiger charge is -2.31. The molecule has 1 heteroatoms. The van der Waals surface area contributed by atoms with Gasteiger partial charge >= 0.3 is 0 Å². The minimum absolute atomic E-state index is 0.00655. The van der Waals surface area contributed by atoms with Crippen molar-refractivity contribution in [3.05, 3.63) is 11.4 Å². The van der Waals surface area contributed by atoms with Crippen LogP contribution in [-0.2, 0) is 0 Å². The van der Waals surface area contributed by atoms with Gasteiger partial charge in [-0.15, -0.1) is 0 Å². The molecule has 17 heavy (non-hydrogen) atoms. The molecule has 0 spiro atoms. The summed E-state index contributed by atoms with van der Waals surface area (Å²) in [7, 11) is 0. The monoisotopic (exact) mass is 231 g/mol. The van der Waals surface area contributed by atoms with E-state index in [9.17, 15) is 0 Å². The van der Waals surface area contributed by atoms with Gasteiger partial charge in [0.1, 0.15) is 0 Å². The molecule has 0 N–H and O–H groups in total. The van der Waals surface area contributed by atoms with Crippen LogP contribution in [0.2, 0.25) is 0 Å². The fourth-order valence-electron chi connectivity index (χ4n) is 5.51. The molecular weight excluding hydrogens is 206 g/mol.